The highest BCUT2D eigenvalue weighted by Crippen LogP contribution is 2.27. The molecular formula is C20H25NO3S. The Balaban J connectivity index is 1.80. The summed E-state index contributed by atoms with van der Waals surface area (Å²) in [7, 11) is 1.59. The summed E-state index contributed by atoms with van der Waals surface area (Å²) >= 11 is 1.72. The fourth-order valence-corrected chi connectivity index (χ4v) is 3.05. The first-order chi connectivity index (χ1) is 12.1. The van der Waals surface area contributed by atoms with Gasteiger partial charge in [-0.05, 0) is 37.6 Å². The van der Waals surface area contributed by atoms with Crippen LogP contribution in [0.15, 0.2) is 53.4 Å². The van der Waals surface area contributed by atoms with Crippen molar-refractivity contribution in [3.05, 3.63) is 54.1 Å². The number of hydrogen-bond donors (Lipinski definition) is 1. The molecule has 0 aliphatic carbocycles. The molecule has 0 bridgehead atoms. The summed E-state index contributed by atoms with van der Waals surface area (Å²) in [6.45, 7) is 4.60. The van der Waals surface area contributed by atoms with Gasteiger partial charge in [-0.1, -0.05) is 36.8 Å². The molecule has 1 atom stereocenters. The largest absolute Gasteiger partial charge is 0.493 e. The van der Waals surface area contributed by atoms with Crippen LogP contribution in [-0.2, 0) is 4.79 Å². The molecule has 0 aliphatic heterocycles. The van der Waals surface area contributed by atoms with E-state index in [1.54, 1.807) is 18.9 Å². The molecule has 2 aromatic rings. The second-order valence-corrected chi connectivity index (χ2v) is 6.79. The van der Waals surface area contributed by atoms with E-state index >= 15 is 0 Å². The minimum Gasteiger partial charge on any atom is -0.493 e. The van der Waals surface area contributed by atoms with Crippen molar-refractivity contribution in [2.75, 3.05) is 19.4 Å². The fourth-order valence-electron chi connectivity index (χ4n) is 2.28. The van der Waals surface area contributed by atoms with Crippen LogP contribution in [0.1, 0.15) is 18.9 Å². The molecule has 5 heteroatoms. The molecule has 1 N–H and O–H groups in total. The number of carbonyl (C=O) groups is 1. The van der Waals surface area contributed by atoms with Crippen LogP contribution < -0.4 is 14.8 Å². The van der Waals surface area contributed by atoms with E-state index in [4.69, 9.17) is 9.47 Å². The average Bonchev–Trinajstić information content (AvgIpc) is 2.64. The van der Waals surface area contributed by atoms with Gasteiger partial charge >= 0.3 is 0 Å². The molecule has 0 fully saturated rings. The number of hydrogen-bond acceptors (Lipinski definition) is 4. The van der Waals surface area contributed by atoms with Crippen molar-refractivity contribution < 1.29 is 14.3 Å². The summed E-state index contributed by atoms with van der Waals surface area (Å²) in [5, 5.41) is 2.95. The van der Waals surface area contributed by atoms with Crippen molar-refractivity contribution in [1.82, 2.24) is 5.32 Å². The number of amides is 1. The Labute approximate surface area is 153 Å². The van der Waals surface area contributed by atoms with E-state index in [9.17, 15) is 4.79 Å². The third-order valence-electron chi connectivity index (χ3n) is 3.69. The molecule has 0 aromatic heterocycles. The summed E-state index contributed by atoms with van der Waals surface area (Å²) in [5.74, 6) is 1.93. The Hall–Kier alpha value is -2.14. The highest BCUT2D eigenvalue weighted by Gasteiger charge is 2.19. The molecule has 0 spiro atoms. The van der Waals surface area contributed by atoms with Crippen molar-refractivity contribution >= 4 is 17.7 Å². The Morgan fingerprint density at radius 3 is 2.44 bits per heavy atom. The zero-order valence-electron chi connectivity index (χ0n) is 15.0. The third-order valence-corrected chi connectivity index (χ3v) is 4.71. The number of aryl methyl sites for hydroxylation is 1. The monoisotopic (exact) mass is 359 g/mol. The van der Waals surface area contributed by atoms with E-state index in [-0.39, 0.29) is 5.91 Å². The quantitative estimate of drug-likeness (QED) is 0.542. The van der Waals surface area contributed by atoms with Crippen LogP contribution in [-0.4, -0.2) is 31.4 Å². The lowest BCUT2D eigenvalue weighted by molar-refractivity contribution is -0.128. The molecule has 0 saturated heterocycles. The molecule has 0 saturated carbocycles. The zero-order valence-corrected chi connectivity index (χ0v) is 15.8. The van der Waals surface area contributed by atoms with E-state index in [2.05, 4.69) is 36.5 Å². The van der Waals surface area contributed by atoms with Crippen molar-refractivity contribution in [3.63, 3.8) is 0 Å². The van der Waals surface area contributed by atoms with E-state index in [1.807, 2.05) is 31.2 Å². The summed E-state index contributed by atoms with van der Waals surface area (Å²) in [5.41, 5.74) is 1.25. The molecule has 0 radical (unpaired) electrons. The Bertz CT molecular complexity index is 673. The Kier molecular flexibility index (Phi) is 7.67. The first kappa shape index (κ1) is 19.2. The van der Waals surface area contributed by atoms with Crippen molar-refractivity contribution in [1.29, 1.82) is 0 Å². The number of nitrogens with one attached hydrogen (secondary N) is 1. The minimum atomic E-state index is -0.527. The van der Waals surface area contributed by atoms with Gasteiger partial charge < -0.3 is 14.8 Å². The lowest BCUT2D eigenvalue weighted by Gasteiger charge is -2.18. The van der Waals surface area contributed by atoms with Gasteiger partial charge in [0.1, 0.15) is 0 Å². The predicted octanol–water partition coefficient (Wildman–Crippen LogP) is 4.07. The molecule has 25 heavy (non-hydrogen) atoms. The molecule has 0 unspecified atom stereocenters. The third kappa shape index (κ3) is 6.02. The maximum atomic E-state index is 12.3. The van der Waals surface area contributed by atoms with Gasteiger partial charge in [-0.15, -0.1) is 11.8 Å². The second-order valence-electron chi connectivity index (χ2n) is 5.62. The van der Waals surface area contributed by atoms with Crippen LogP contribution in [0.4, 0.5) is 0 Å². The van der Waals surface area contributed by atoms with E-state index < -0.39 is 6.10 Å². The van der Waals surface area contributed by atoms with Gasteiger partial charge in [0.05, 0.1) is 7.11 Å². The van der Waals surface area contributed by atoms with Crippen LogP contribution in [0.3, 0.4) is 0 Å². The fraction of sp³-hybridized carbons (Fsp3) is 0.350. The molecule has 2 aromatic carbocycles. The van der Waals surface area contributed by atoms with Crippen LogP contribution in [0.25, 0.3) is 0 Å². The van der Waals surface area contributed by atoms with Crippen LogP contribution >= 0.6 is 11.8 Å². The topological polar surface area (TPSA) is 47.6 Å². The second kappa shape index (κ2) is 9.99. The zero-order chi connectivity index (χ0) is 18.1. The standard InChI is InChI=1S/C20H25NO3S/c1-4-17(24-19-8-6-5-7-18(19)23-3)20(22)21-13-14-25-16-11-9-15(2)10-12-16/h5-12,17H,4,13-14H2,1-3H3,(H,21,22)/t17-/m1/s1. The van der Waals surface area contributed by atoms with Crippen molar-refractivity contribution in [2.24, 2.45) is 0 Å². The number of thioether (sulfide) groups is 1. The first-order valence-corrected chi connectivity index (χ1v) is 9.39. The predicted molar refractivity (Wildman–Crippen MR) is 103 cm³/mol. The van der Waals surface area contributed by atoms with E-state index in [1.165, 1.54) is 10.5 Å². The van der Waals surface area contributed by atoms with E-state index in [0.29, 0.717) is 24.5 Å². The summed E-state index contributed by atoms with van der Waals surface area (Å²) in [6, 6.07) is 15.7. The highest BCUT2D eigenvalue weighted by molar-refractivity contribution is 7.99. The maximum Gasteiger partial charge on any atom is 0.261 e. The Morgan fingerprint density at radius 2 is 1.80 bits per heavy atom. The molecule has 1 amide bonds. The SMILES string of the molecule is CC[C@@H](Oc1ccccc1OC)C(=O)NCCSc1ccc(C)cc1. The van der Waals surface area contributed by atoms with Gasteiger partial charge in [0.25, 0.3) is 5.91 Å². The van der Waals surface area contributed by atoms with Crippen LogP contribution in [0.2, 0.25) is 0 Å². The minimum absolute atomic E-state index is 0.0992. The lowest BCUT2D eigenvalue weighted by atomic mass is 10.2. The lowest BCUT2D eigenvalue weighted by Crippen LogP contribution is -2.39. The normalized spacial score (nSPS) is 11.6. The van der Waals surface area contributed by atoms with Crippen LogP contribution in [0.5, 0.6) is 11.5 Å². The smallest absolute Gasteiger partial charge is 0.261 e. The molecule has 0 aliphatic rings. The van der Waals surface area contributed by atoms with Gasteiger partial charge in [-0.25, -0.2) is 0 Å². The van der Waals surface area contributed by atoms with Crippen LogP contribution in [0, 0.1) is 6.92 Å². The number of para-hydroxylation sites is 2. The van der Waals surface area contributed by atoms with Crippen molar-refractivity contribution in [3.8, 4) is 11.5 Å². The van der Waals surface area contributed by atoms with Crippen molar-refractivity contribution in [2.45, 2.75) is 31.3 Å². The number of ether oxygens (including phenoxy) is 2. The number of rotatable bonds is 9. The number of carbonyl (C=O) groups excluding carboxylic acids is 1. The molecule has 0 heterocycles. The molecule has 2 rings (SSSR count). The molecule has 4 nitrogen and oxygen atoms in total. The molecular weight excluding hydrogens is 334 g/mol. The van der Waals surface area contributed by atoms with Gasteiger partial charge in [0.2, 0.25) is 0 Å². The van der Waals surface area contributed by atoms with E-state index in [0.717, 1.165) is 5.75 Å². The maximum absolute atomic E-state index is 12.3. The van der Waals surface area contributed by atoms with Gasteiger partial charge in [-0.3, -0.25) is 4.79 Å². The average molecular weight is 359 g/mol. The summed E-state index contributed by atoms with van der Waals surface area (Å²) in [4.78, 5) is 13.6. The number of benzene rings is 2. The highest BCUT2D eigenvalue weighted by atomic mass is 32.2. The Morgan fingerprint density at radius 1 is 1.12 bits per heavy atom. The van der Waals surface area contributed by atoms with Gasteiger partial charge in [0, 0.05) is 17.2 Å². The molecule has 134 valence electrons. The summed E-state index contributed by atoms with van der Waals surface area (Å²) in [6.07, 6.45) is 0.0651. The first-order valence-electron chi connectivity index (χ1n) is 8.41. The summed E-state index contributed by atoms with van der Waals surface area (Å²) < 4.78 is 11.1. The van der Waals surface area contributed by atoms with Gasteiger partial charge in [0.15, 0.2) is 17.6 Å². The number of methoxy groups -OCH3 is 1. The van der Waals surface area contributed by atoms with Gasteiger partial charge in [-0.2, -0.15) is 0 Å².